The van der Waals surface area contributed by atoms with Crippen molar-refractivity contribution < 1.29 is 4.39 Å². The van der Waals surface area contributed by atoms with Gasteiger partial charge >= 0.3 is 0 Å². The molecule has 4 aromatic rings. The molecule has 0 saturated heterocycles. The minimum atomic E-state index is -0.298. The number of halogens is 1. The zero-order chi connectivity index (χ0) is 16.5. The maximum Gasteiger partial charge on any atom is 0.262 e. The van der Waals surface area contributed by atoms with E-state index < -0.39 is 0 Å². The van der Waals surface area contributed by atoms with Crippen molar-refractivity contribution in [2.45, 2.75) is 13.0 Å². The molecule has 0 saturated carbocycles. The van der Waals surface area contributed by atoms with E-state index in [1.807, 2.05) is 5.38 Å². The molecule has 0 aliphatic heterocycles. The molecule has 0 spiro atoms. The van der Waals surface area contributed by atoms with Crippen molar-refractivity contribution in [1.82, 2.24) is 19.5 Å². The summed E-state index contributed by atoms with van der Waals surface area (Å²) in [6, 6.07) is 6.15. The van der Waals surface area contributed by atoms with Crippen LogP contribution in [0.4, 0.5) is 4.39 Å². The highest BCUT2D eigenvalue weighted by atomic mass is 32.1. The Hall–Kier alpha value is -2.80. The lowest BCUT2D eigenvalue weighted by Gasteiger charge is -2.05. The van der Waals surface area contributed by atoms with Gasteiger partial charge in [0, 0.05) is 35.8 Å². The van der Waals surface area contributed by atoms with Crippen LogP contribution >= 0.6 is 11.3 Å². The maximum atomic E-state index is 13.1. The first-order chi connectivity index (χ1) is 11.7. The van der Waals surface area contributed by atoms with Crippen LogP contribution in [0.3, 0.4) is 0 Å². The monoisotopic (exact) mass is 340 g/mol. The van der Waals surface area contributed by atoms with Gasteiger partial charge in [0.25, 0.3) is 5.56 Å². The summed E-state index contributed by atoms with van der Waals surface area (Å²) in [5.41, 5.74) is 2.49. The SMILES string of the molecule is O=c1c2c(-c3ccc(F)cc3)csc2ncn1CCc1cnc[nH]1. The Labute approximate surface area is 140 Å². The summed E-state index contributed by atoms with van der Waals surface area (Å²) in [7, 11) is 0. The van der Waals surface area contributed by atoms with E-state index in [-0.39, 0.29) is 11.4 Å². The molecule has 1 N–H and O–H groups in total. The molecular formula is C17H13FN4OS. The van der Waals surface area contributed by atoms with Gasteiger partial charge in [0.15, 0.2) is 0 Å². The van der Waals surface area contributed by atoms with Gasteiger partial charge in [-0.05, 0) is 17.7 Å². The van der Waals surface area contributed by atoms with Crippen LogP contribution in [-0.2, 0) is 13.0 Å². The van der Waals surface area contributed by atoms with Crippen LogP contribution in [0.5, 0.6) is 0 Å². The third-order valence-corrected chi connectivity index (χ3v) is 4.78. The zero-order valence-electron chi connectivity index (χ0n) is 12.6. The normalized spacial score (nSPS) is 11.2. The number of hydrogen-bond donors (Lipinski definition) is 1. The highest BCUT2D eigenvalue weighted by molar-refractivity contribution is 7.17. The molecule has 0 fully saturated rings. The van der Waals surface area contributed by atoms with Gasteiger partial charge in [-0.1, -0.05) is 12.1 Å². The quantitative estimate of drug-likeness (QED) is 0.620. The number of nitrogens with one attached hydrogen (secondary N) is 1. The lowest BCUT2D eigenvalue weighted by molar-refractivity contribution is 0.628. The number of benzene rings is 1. The van der Waals surface area contributed by atoms with Gasteiger partial charge < -0.3 is 4.98 Å². The van der Waals surface area contributed by atoms with E-state index in [0.717, 1.165) is 16.8 Å². The van der Waals surface area contributed by atoms with E-state index in [1.165, 1.54) is 23.5 Å². The van der Waals surface area contributed by atoms with Crippen LogP contribution in [0.2, 0.25) is 0 Å². The van der Waals surface area contributed by atoms with Crippen molar-refractivity contribution in [3.05, 3.63) is 70.4 Å². The molecule has 0 atom stereocenters. The predicted molar refractivity (Wildman–Crippen MR) is 91.6 cm³/mol. The van der Waals surface area contributed by atoms with Crippen LogP contribution in [0, 0.1) is 5.82 Å². The number of nitrogens with zero attached hydrogens (tertiary/aromatic N) is 3. The third-order valence-electron chi connectivity index (χ3n) is 3.89. The Kier molecular flexibility index (Phi) is 3.70. The highest BCUT2D eigenvalue weighted by Crippen LogP contribution is 2.30. The Bertz CT molecular complexity index is 1030. The number of aromatic amines is 1. The molecule has 0 bridgehead atoms. The van der Waals surface area contributed by atoms with Crippen LogP contribution in [-0.4, -0.2) is 19.5 Å². The minimum absolute atomic E-state index is 0.0832. The lowest BCUT2D eigenvalue weighted by atomic mass is 10.1. The fraction of sp³-hybridized carbons (Fsp3) is 0.118. The first kappa shape index (κ1) is 14.8. The Morgan fingerprint density at radius 3 is 2.83 bits per heavy atom. The van der Waals surface area contributed by atoms with Crippen molar-refractivity contribution in [2.75, 3.05) is 0 Å². The second-order valence-electron chi connectivity index (χ2n) is 5.41. The first-order valence-corrected chi connectivity index (χ1v) is 8.30. The third kappa shape index (κ3) is 2.63. The van der Waals surface area contributed by atoms with Crippen molar-refractivity contribution in [1.29, 1.82) is 0 Å². The van der Waals surface area contributed by atoms with Gasteiger partial charge in [-0.25, -0.2) is 14.4 Å². The molecule has 0 aliphatic rings. The first-order valence-electron chi connectivity index (χ1n) is 7.42. The number of imidazole rings is 1. The molecule has 4 rings (SSSR count). The maximum absolute atomic E-state index is 13.1. The van der Waals surface area contributed by atoms with Gasteiger partial charge in [-0.3, -0.25) is 9.36 Å². The topological polar surface area (TPSA) is 63.6 Å². The number of rotatable bonds is 4. The number of aromatic nitrogens is 4. The fourth-order valence-electron chi connectivity index (χ4n) is 2.63. The molecule has 0 aliphatic carbocycles. The van der Waals surface area contributed by atoms with Gasteiger partial charge in [0.05, 0.1) is 18.0 Å². The summed E-state index contributed by atoms with van der Waals surface area (Å²) in [4.78, 5) is 24.9. The smallest absolute Gasteiger partial charge is 0.262 e. The second-order valence-corrected chi connectivity index (χ2v) is 6.26. The van der Waals surface area contributed by atoms with Crippen molar-refractivity contribution in [3.63, 3.8) is 0 Å². The molecule has 3 aromatic heterocycles. The van der Waals surface area contributed by atoms with Gasteiger partial charge in [0.1, 0.15) is 10.6 Å². The summed E-state index contributed by atoms with van der Waals surface area (Å²) in [5.74, 6) is -0.298. The molecule has 0 amide bonds. The average molecular weight is 340 g/mol. The summed E-state index contributed by atoms with van der Waals surface area (Å²) < 4.78 is 14.7. The zero-order valence-corrected chi connectivity index (χ0v) is 13.4. The molecule has 120 valence electrons. The molecule has 1 aromatic carbocycles. The summed E-state index contributed by atoms with van der Waals surface area (Å²) in [6.07, 6.45) is 5.60. The van der Waals surface area contributed by atoms with E-state index >= 15 is 0 Å². The number of hydrogen-bond acceptors (Lipinski definition) is 4. The van der Waals surface area contributed by atoms with Crippen LogP contribution in [0.1, 0.15) is 5.69 Å². The minimum Gasteiger partial charge on any atom is -0.348 e. The molecule has 7 heteroatoms. The van der Waals surface area contributed by atoms with Crippen LogP contribution in [0.25, 0.3) is 21.3 Å². The molecule has 0 radical (unpaired) electrons. The van der Waals surface area contributed by atoms with E-state index in [9.17, 15) is 9.18 Å². The number of fused-ring (bicyclic) bond motifs is 1. The van der Waals surface area contributed by atoms with Crippen LogP contribution < -0.4 is 5.56 Å². The highest BCUT2D eigenvalue weighted by Gasteiger charge is 2.13. The van der Waals surface area contributed by atoms with Crippen molar-refractivity contribution in [2.24, 2.45) is 0 Å². The van der Waals surface area contributed by atoms with Crippen molar-refractivity contribution >= 4 is 21.6 Å². The van der Waals surface area contributed by atoms with Gasteiger partial charge in [0.2, 0.25) is 0 Å². The van der Waals surface area contributed by atoms with E-state index in [0.29, 0.717) is 23.2 Å². The number of H-pyrrole nitrogens is 1. The largest absolute Gasteiger partial charge is 0.348 e. The summed E-state index contributed by atoms with van der Waals surface area (Å²) in [6.45, 7) is 0.517. The van der Waals surface area contributed by atoms with Gasteiger partial charge in [-0.2, -0.15) is 0 Å². The summed E-state index contributed by atoms with van der Waals surface area (Å²) >= 11 is 1.42. The van der Waals surface area contributed by atoms with Crippen molar-refractivity contribution in [3.8, 4) is 11.1 Å². The standard InChI is InChI=1S/C17H13FN4OS/c18-12-3-1-11(2-4-12)14-8-24-16-15(14)17(23)22(10-21-16)6-5-13-7-19-9-20-13/h1-4,7-10H,5-6H2,(H,19,20). The van der Waals surface area contributed by atoms with E-state index in [2.05, 4.69) is 15.0 Å². The molecule has 24 heavy (non-hydrogen) atoms. The molecular weight excluding hydrogens is 327 g/mol. The average Bonchev–Trinajstić information content (AvgIpc) is 3.24. The molecule has 0 unspecified atom stereocenters. The Morgan fingerprint density at radius 2 is 2.08 bits per heavy atom. The van der Waals surface area contributed by atoms with Gasteiger partial charge in [-0.15, -0.1) is 11.3 Å². The fourth-order valence-corrected chi connectivity index (χ4v) is 3.54. The summed E-state index contributed by atoms with van der Waals surface area (Å²) in [5, 5.41) is 2.48. The number of thiophene rings is 1. The Balaban J connectivity index is 1.75. The second kappa shape index (κ2) is 6.01. The van der Waals surface area contributed by atoms with E-state index in [1.54, 1.807) is 35.6 Å². The van der Waals surface area contributed by atoms with E-state index in [4.69, 9.17) is 0 Å². The molecule has 3 heterocycles. The molecule has 5 nitrogen and oxygen atoms in total. The van der Waals surface area contributed by atoms with Crippen LogP contribution in [0.15, 0.2) is 53.3 Å². The predicted octanol–water partition coefficient (Wildman–Crippen LogP) is 3.23. The Morgan fingerprint density at radius 1 is 1.25 bits per heavy atom. The number of aryl methyl sites for hydroxylation is 2. The lowest BCUT2D eigenvalue weighted by Crippen LogP contribution is -2.21.